The number of H-pyrrole nitrogens is 1. The molecule has 1 amide bonds. The van der Waals surface area contributed by atoms with Gasteiger partial charge in [0.15, 0.2) is 5.82 Å². The maximum absolute atomic E-state index is 12.7. The maximum Gasteiger partial charge on any atom is 0.348 e. The smallest absolute Gasteiger partial charge is 0.348 e. The molecule has 36 heavy (non-hydrogen) atoms. The van der Waals surface area contributed by atoms with Gasteiger partial charge in [-0.3, -0.25) is 4.79 Å². The number of aromatic hydroxyl groups is 2. The highest BCUT2D eigenvalue weighted by atomic mass is 16.3. The van der Waals surface area contributed by atoms with Crippen LogP contribution < -0.4 is 15.9 Å². The van der Waals surface area contributed by atoms with E-state index in [0.717, 1.165) is 38.2 Å². The number of hydrogen-bond donors (Lipinski definition) is 4. The number of nitrogens with zero attached hydrogens (tertiary/aromatic N) is 4. The Hall–Kier alpha value is -3.79. The minimum Gasteiger partial charge on any atom is -0.508 e. The zero-order chi connectivity index (χ0) is 25.4. The van der Waals surface area contributed by atoms with E-state index in [1.807, 2.05) is 43.0 Å². The number of carbonyl (C=O) groups is 1. The molecular weight excluding hydrogens is 460 g/mol. The topological polar surface area (TPSA) is 127 Å². The molecule has 2 aliphatic heterocycles. The molecule has 2 fully saturated rings. The number of carbonyl (C=O) groups excluding carboxylic acids is 1. The molecule has 0 radical (unpaired) electrons. The summed E-state index contributed by atoms with van der Waals surface area (Å²) in [5.41, 5.74) is 2.20. The van der Waals surface area contributed by atoms with E-state index in [1.54, 1.807) is 6.07 Å². The highest BCUT2D eigenvalue weighted by Gasteiger charge is 2.29. The number of nitrogens with one attached hydrogen (secondary N) is 2. The van der Waals surface area contributed by atoms with Crippen LogP contribution in [0.3, 0.4) is 0 Å². The quantitative estimate of drug-likeness (QED) is 0.430. The van der Waals surface area contributed by atoms with Crippen LogP contribution in [0.1, 0.15) is 38.2 Å². The van der Waals surface area contributed by atoms with Crippen molar-refractivity contribution in [2.75, 3.05) is 37.6 Å². The second-order valence-corrected chi connectivity index (χ2v) is 9.75. The van der Waals surface area contributed by atoms with E-state index in [1.165, 1.54) is 10.6 Å². The normalized spacial score (nSPS) is 18.2. The second kappa shape index (κ2) is 9.69. The van der Waals surface area contributed by atoms with Crippen LogP contribution in [0.15, 0.2) is 41.2 Å². The molecule has 190 valence electrons. The van der Waals surface area contributed by atoms with Gasteiger partial charge in [-0.05, 0) is 61.2 Å². The molecule has 0 spiro atoms. The minimum atomic E-state index is -0.427. The predicted octanol–water partition coefficient (Wildman–Crippen LogP) is 2.16. The Balaban J connectivity index is 1.35. The van der Waals surface area contributed by atoms with Gasteiger partial charge in [0.05, 0.1) is 17.3 Å². The lowest BCUT2D eigenvalue weighted by Gasteiger charge is -2.37. The molecule has 10 heteroatoms. The summed E-state index contributed by atoms with van der Waals surface area (Å²) in [4.78, 5) is 29.5. The van der Waals surface area contributed by atoms with Gasteiger partial charge in [-0.15, -0.1) is 0 Å². The first kappa shape index (κ1) is 23.9. The van der Waals surface area contributed by atoms with Crippen molar-refractivity contribution in [3.63, 3.8) is 0 Å². The van der Waals surface area contributed by atoms with E-state index in [0.29, 0.717) is 29.9 Å². The van der Waals surface area contributed by atoms with Gasteiger partial charge in [0, 0.05) is 37.9 Å². The monoisotopic (exact) mass is 492 g/mol. The summed E-state index contributed by atoms with van der Waals surface area (Å²) in [7, 11) is 0. The van der Waals surface area contributed by atoms with Gasteiger partial charge in [0.2, 0.25) is 5.91 Å². The highest BCUT2D eigenvalue weighted by molar-refractivity contribution is 5.82. The molecule has 3 heterocycles. The third-order valence-electron chi connectivity index (χ3n) is 7.10. The van der Waals surface area contributed by atoms with Crippen molar-refractivity contribution < 1.29 is 15.0 Å². The molecular formula is C26H32N6O4. The number of phenolic OH excluding ortho intramolecular Hbond substituents is 2. The summed E-state index contributed by atoms with van der Waals surface area (Å²) >= 11 is 0. The second-order valence-electron chi connectivity index (χ2n) is 9.75. The number of piperazine rings is 1. The standard InChI is InChI=1S/C26H32N6O4/c1-16(2)19-14-20(23(34)15-22(19)33)24-28-29-26(36)32(24)18-7-5-17(6-8-18)30-10-12-31(13-11-30)25(35)21-4-3-9-27-21/h5-8,14-16,21,27,33-34H,3-4,9-13H2,1-2H3,(H,29,36)/t21-/m0/s1. The zero-order valence-corrected chi connectivity index (χ0v) is 20.6. The zero-order valence-electron chi connectivity index (χ0n) is 20.6. The molecule has 2 aliphatic rings. The van der Waals surface area contributed by atoms with Gasteiger partial charge in [0.25, 0.3) is 0 Å². The van der Waals surface area contributed by atoms with Gasteiger partial charge in [-0.2, -0.15) is 5.10 Å². The van der Waals surface area contributed by atoms with Gasteiger partial charge in [-0.1, -0.05) is 13.8 Å². The molecule has 2 saturated heterocycles. The van der Waals surface area contributed by atoms with Crippen LogP contribution in [-0.4, -0.2) is 74.6 Å². The summed E-state index contributed by atoms with van der Waals surface area (Å²) in [6, 6.07) is 10.5. The number of aromatic amines is 1. The van der Waals surface area contributed by atoms with Gasteiger partial charge < -0.3 is 25.3 Å². The molecule has 0 saturated carbocycles. The fourth-order valence-corrected chi connectivity index (χ4v) is 5.07. The van der Waals surface area contributed by atoms with E-state index >= 15 is 0 Å². The van der Waals surface area contributed by atoms with E-state index in [4.69, 9.17) is 0 Å². The molecule has 5 rings (SSSR count). The summed E-state index contributed by atoms with van der Waals surface area (Å²) in [5.74, 6) is 0.329. The van der Waals surface area contributed by atoms with Gasteiger partial charge in [-0.25, -0.2) is 14.5 Å². The van der Waals surface area contributed by atoms with Crippen LogP contribution in [0.25, 0.3) is 17.1 Å². The number of hydrogen-bond acceptors (Lipinski definition) is 7. The molecule has 3 aromatic rings. The summed E-state index contributed by atoms with van der Waals surface area (Å²) in [5, 5.41) is 30.6. The summed E-state index contributed by atoms with van der Waals surface area (Å²) < 4.78 is 1.41. The first-order valence-electron chi connectivity index (χ1n) is 12.4. The first-order valence-corrected chi connectivity index (χ1v) is 12.4. The fourth-order valence-electron chi connectivity index (χ4n) is 5.07. The van der Waals surface area contributed by atoms with Crippen LogP contribution in [0.2, 0.25) is 0 Å². The molecule has 1 aromatic heterocycles. The number of phenols is 2. The van der Waals surface area contributed by atoms with E-state index in [-0.39, 0.29) is 35.2 Å². The number of benzene rings is 2. The average molecular weight is 493 g/mol. The van der Waals surface area contributed by atoms with Crippen molar-refractivity contribution >= 4 is 11.6 Å². The van der Waals surface area contributed by atoms with Crippen molar-refractivity contribution in [3.8, 4) is 28.6 Å². The lowest BCUT2D eigenvalue weighted by Crippen LogP contribution is -2.53. The third kappa shape index (κ3) is 4.44. The molecule has 0 unspecified atom stereocenters. The van der Waals surface area contributed by atoms with Crippen molar-refractivity contribution in [1.29, 1.82) is 0 Å². The Morgan fingerprint density at radius 1 is 1.03 bits per heavy atom. The fraction of sp³-hybridized carbons (Fsp3) is 0.423. The number of anilines is 1. The SMILES string of the molecule is CC(C)c1cc(-c2n[nH]c(=O)n2-c2ccc(N3CCN(C(=O)[C@@H]4CCCN4)CC3)cc2)c(O)cc1O. The molecule has 10 nitrogen and oxygen atoms in total. The van der Waals surface area contributed by atoms with Crippen LogP contribution in [-0.2, 0) is 4.79 Å². The van der Waals surface area contributed by atoms with E-state index < -0.39 is 5.69 Å². The average Bonchev–Trinajstić information content (AvgIpc) is 3.54. The highest BCUT2D eigenvalue weighted by Crippen LogP contribution is 2.37. The van der Waals surface area contributed by atoms with Crippen LogP contribution in [0.4, 0.5) is 5.69 Å². The lowest BCUT2D eigenvalue weighted by molar-refractivity contribution is -0.133. The first-order chi connectivity index (χ1) is 17.3. The van der Waals surface area contributed by atoms with E-state index in [2.05, 4.69) is 20.4 Å². The minimum absolute atomic E-state index is 0.00124. The number of amides is 1. The van der Waals surface area contributed by atoms with Gasteiger partial charge >= 0.3 is 5.69 Å². The number of aromatic nitrogens is 3. The Bertz CT molecular complexity index is 1300. The maximum atomic E-state index is 12.7. The Labute approximate surface area is 209 Å². The van der Waals surface area contributed by atoms with Gasteiger partial charge in [0.1, 0.15) is 11.5 Å². The Morgan fingerprint density at radius 3 is 2.36 bits per heavy atom. The number of rotatable bonds is 5. The Morgan fingerprint density at radius 2 is 1.72 bits per heavy atom. The lowest BCUT2D eigenvalue weighted by atomic mass is 9.98. The largest absolute Gasteiger partial charge is 0.508 e. The third-order valence-corrected chi connectivity index (χ3v) is 7.10. The summed E-state index contributed by atoms with van der Waals surface area (Å²) in [6.07, 6.45) is 1.96. The molecule has 2 aromatic carbocycles. The van der Waals surface area contributed by atoms with Crippen molar-refractivity contribution in [1.82, 2.24) is 25.0 Å². The predicted molar refractivity (Wildman–Crippen MR) is 137 cm³/mol. The molecule has 0 aliphatic carbocycles. The van der Waals surface area contributed by atoms with Crippen molar-refractivity contribution in [2.45, 2.75) is 38.6 Å². The summed E-state index contributed by atoms with van der Waals surface area (Å²) in [6.45, 7) is 7.64. The Kier molecular flexibility index (Phi) is 6.44. The molecule has 4 N–H and O–H groups in total. The molecule has 1 atom stereocenters. The van der Waals surface area contributed by atoms with Crippen LogP contribution >= 0.6 is 0 Å². The molecule has 0 bridgehead atoms. The van der Waals surface area contributed by atoms with Crippen molar-refractivity contribution in [2.24, 2.45) is 0 Å². The van der Waals surface area contributed by atoms with E-state index in [9.17, 15) is 19.8 Å². The van der Waals surface area contributed by atoms with Crippen molar-refractivity contribution in [3.05, 3.63) is 52.4 Å². The van der Waals surface area contributed by atoms with Crippen LogP contribution in [0.5, 0.6) is 11.5 Å². The van der Waals surface area contributed by atoms with Crippen LogP contribution in [0, 0.1) is 0 Å².